The van der Waals surface area contributed by atoms with Gasteiger partial charge in [-0.2, -0.15) is 0 Å². The first-order valence-corrected chi connectivity index (χ1v) is 6.56. The summed E-state index contributed by atoms with van der Waals surface area (Å²) in [4.78, 5) is 13.1. The van der Waals surface area contributed by atoms with Gasteiger partial charge in [-0.25, -0.2) is 4.79 Å². The fourth-order valence-corrected chi connectivity index (χ4v) is 1.97. The molecule has 0 aromatic heterocycles. The molecule has 1 aromatic rings. The number of carboxylic acids is 1. The first kappa shape index (κ1) is 14.6. The molecule has 1 aromatic carbocycles. The molecule has 18 heavy (non-hydrogen) atoms. The number of hydrogen-bond acceptors (Lipinski definition) is 2. The van der Waals surface area contributed by atoms with E-state index in [0.29, 0.717) is 5.92 Å². The van der Waals surface area contributed by atoms with Crippen LogP contribution in [0.5, 0.6) is 0 Å². The van der Waals surface area contributed by atoms with Gasteiger partial charge in [-0.1, -0.05) is 32.9 Å². The molecule has 3 nitrogen and oxygen atoms in total. The molecule has 0 spiro atoms. The maximum atomic E-state index is 11.1. The van der Waals surface area contributed by atoms with Crippen molar-refractivity contribution in [2.75, 3.05) is 11.4 Å². The van der Waals surface area contributed by atoms with Gasteiger partial charge in [0.1, 0.15) is 6.04 Å². The molecule has 0 bridgehead atoms. The Labute approximate surface area is 109 Å². The van der Waals surface area contributed by atoms with Crippen LogP contribution in [0.1, 0.15) is 45.6 Å². The summed E-state index contributed by atoms with van der Waals surface area (Å²) in [5.41, 5.74) is 2.26. The zero-order valence-electron chi connectivity index (χ0n) is 11.7. The van der Waals surface area contributed by atoms with Gasteiger partial charge in [-0.15, -0.1) is 0 Å². The fraction of sp³-hybridized carbons (Fsp3) is 0.533. The summed E-state index contributed by atoms with van der Waals surface area (Å²) >= 11 is 0. The summed E-state index contributed by atoms with van der Waals surface area (Å²) in [6, 6.07) is 7.71. The fourth-order valence-electron chi connectivity index (χ4n) is 1.97. The molecule has 1 rings (SSSR count). The summed E-state index contributed by atoms with van der Waals surface area (Å²) in [6.07, 6.45) is 0.934. The minimum Gasteiger partial charge on any atom is -0.480 e. The molecular weight excluding hydrogens is 226 g/mol. The van der Waals surface area contributed by atoms with Crippen LogP contribution >= 0.6 is 0 Å². The molecule has 0 aliphatic heterocycles. The molecule has 0 aliphatic carbocycles. The zero-order valence-corrected chi connectivity index (χ0v) is 11.7. The van der Waals surface area contributed by atoms with Gasteiger partial charge in [0.25, 0.3) is 0 Å². The van der Waals surface area contributed by atoms with Crippen molar-refractivity contribution in [3.63, 3.8) is 0 Å². The Balaban J connectivity index is 2.95. The van der Waals surface area contributed by atoms with Crippen LogP contribution in [-0.4, -0.2) is 23.7 Å². The third-order valence-corrected chi connectivity index (χ3v) is 3.18. The van der Waals surface area contributed by atoms with Gasteiger partial charge < -0.3 is 10.0 Å². The molecule has 0 saturated carbocycles. The first-order valence-electron chi connectivity index (χ1n) is 6.56. The normalized spacial score (nSPS) is 12.5. The van der Waals surface area contributed by atoms with E-state index in [1.165, 1.54) is 5.56 Å². The third kappa shape index (κ3) is 3.49. The highest BCUT2D eigenvalue weighted by molar-refractivity contribution is 5.77. The summed E-state index contributed by atoms with van der Waals surface area (Å²) in [5, 5.41) is 9.14. The smallest absolute Gasteiger partial charge is 0.326 e. The number of benzene rings is 1. The first-order chi connectivity index (χ1) is 8.47. The highest BCUT2D eigenvalue weighted by atomic mass is 16.4. The molecule has 0 aliphatic rings. The molecular formula is C15H23NO2. The Morgan fingerprint density at radius 2 is 1.78 bits per heavy atom. The Kier molecular flexibility index (Phi) is 5.20. The predicted octanol–water partition coefficient (Wildman–Crippen LogP) is 3.50. The maximum Gasteiger partial charge on any atom is 0.326 e. The predicted molar refractivity (Wildman–Crippen MR) is 75.3 cm³/mol. The topological polar surface area (TPSA) is 40.5 Å². The van der Waals surface area contributed by atoms with Crippen molar-refractivity contribution in [3.8, 4) is 0 Å². The minimum atomic E-state index is -0.781. The van der Waals surface area contributed by atoms with Crippen molar-refractivity contribution < 1.29 is 9.90 Å². The number of carbonyl (C=O) groups is 1. The third-order valence-electron chi connectivity index (χ3n) is 3.18. The molecule has 0 heterocycles. The molecule has 1 atom stereocenters. The second-order valence-electron chi connectivity index (χ2n) is 4.95. The van der Waals surface area contributed by atoms with Gasteiger partial charge in [0, 0.05) is 12.2 Å². The molecule has 0 saturated heterocycles. The Morgan fingerprint density at radius 1 is 1.22 bits per heavy atom. The molecule has 100 valence electrons. The van der Waals surface area contributed by atoms with Gasteiger partial charge in [0.2, 0.25) is 0 Å². The molecule has 3 heteroatoms. The lowest BCUT2D eigenvalue weighted by Crippen LogP contribution is -2.39. The lowest BCUT2D eigenvalue weighted by Gasteiger charge is -2.28. The van der Waals surface area contributed by atoms with Gasteiger partial charge >= 0.3 is 5.97 Å². The van der Waals surface area contributed by atoms with Crippen LogP contribution in [0.4, 0.5) is 5.69 Å². The SMILES string of the molecule is CCCN(c1ccc(C(C)C)cc1)C(C)C(=O)O. The zero-order chi connectivity index (χ0) is 13.7. The van der Waals surface area contributed by atoms with E-state index >= 15 is 0 Å². The van der Waals surface area contributed by atoms with Gasteiger partial charge in [0.15, 0.2) is 0 Å². The van der Waals surface area contributed by atoms with Crippen LogP contribution in [0.25, 0.3) is 0 Å². The molecule has 0 fully saturated rings. The number of carboxylic acid groups (broad SMARTS) is 1. The Bertz CT molecular complexity index is 384. The van der Waals surface area contributed by atoms with Gasteiger partial charge in [-0.05, 0) is 37.0 Å². The maximum absolute atomic E-state index is 11.1. The van der Waals surface area contributed by atoms with E-state index in [2.05, 4.69) is 32.9 Å². The number of aliphatic carboxylic acids is 1. The second-order valence-corrected chi connectivity index (χ2v) is 4.95. The second kappa shape index (κ2) is 6.43. The monoisotopic (exact) mass is 249 g/mol. The van der Waals surface area contributed by atoms with E-state index in [4.69, 9.17) is 5.11 Å². The van der Waals surface area contributed by atoms with E-state index < -0.39 is 12.0 Å². The highest BCUT2D eigenvalue weighted by Gasteiger charge is 2.20. The van der Waals surface area contributed by atoms with Crippen LogP contribution < -0.4 is 4.90 Å². The number of rotatable bonds is 6. The average Bonchev–Trinajstić information content (AvgIpc) is 2.35. The molecule has 0 radical (unpaired) electrons. The van der Waals surface area contributed by atoms with E-state index in [1.54, 1.807) is 6.92 Å². The Morgan fingerprint density at radius 3 is 2.17 bits per heavy atom. The molecule has 1 N–H and O–H groups in total. The number of anilines is 1. The number of nitrogens with zero attached hydrogens (tertiary/aromatic N) is 1. The average molecular weight is 249 g/mol. The van der Waals surface area contributed by atoms with Crippen molar-refractivity contribution in [1.82, 2.24) is 0 Å². The molecule has 1 unspecified atom stereocenters. The standard InChI is InChI=1S/C15H23NO2/c1-5-10-16(12(4)15(17)18)14-8-6-13(7-9-14)11(2)3/h6-9,11-12H,5,10H2,1-4H3,(H,17,18). The highest BCUT2D eigenvalue weighted by Crippen LogP contribution is 2.22. The van der Waals surface area contributed by atoms with Gasteiger partial charge in [-0.3, -0.25) is 0 Å². The van der Waals surface area contributed by atoms with E-state index in [9.17, 15) is 4.79 Å². The lowest BCUT2D eigenvalue weighted by molar-refractivity contribution is -0.138. The summed E-state index contributed by atoms with van der Waals surface area (Å²) in [7, 11) is 0. The Hall–Kier alpha value is -1.51. The van der Waals surface area contributed by atoms with Crippen LogP contribution in [0.3, 0.4) is 0 Å². The molecule has 0 amide bonds. The van der Waals surface area contributed by atoms with E-state index in [-0.39, 0.29) is 0 Å². The quantitative estimate of drug-likeness (QED) is 0.838. The van der Waals surface area contributed by atoms with Gasteiger partial charge in [0.05, 0.1) is 0 Å². The summed E-state index contributed by atoms with van der Waals surface area (Å²) in [5.74, 6) is -0.285. The van der Waals surface area contributed by atoms with Crippen molar-refractivity contribution in [3.05, 3.63) is 29.8 Å². The largest absolute Gasteiger partial charge is 0.480 e. The van der Waals surface area contributed by atoms with Crippen LogP contribution in [0, 0.1) is 0 Å². The van der Waals surface area contributed by atoms with Crippen LogP contribution in [0.15, 0.2) is 24.3 Å². The van der Waals surface area contributed by atoms with Crippen LogP contribution in [-0.2, 0) is 4.79 Å². The van der Waals surface area contributed by atoms with Crippen molar-refractivity contribution in [2.24, 2.45) is 0 Å². The van der Waals surface area contributed by atoms with Crippen molar-refractivity contribution >= 4 is 11.7 Å². The summed E-state index contributed by atoms with van der Waals surface area (Å²) < 4.78 is 0. The lowest BCUT2D eigenvalue weighted by atomic mass is 10.0. The van der Waals surface area contributed by atoms with Crippen LogP contribution in [0.2, 0.25) is 0 Å². The minimum absolute atomic E-state index is 0.491. The summed E-state index contributed by atoms with van der Waals surface area (Å²) in [6.45, 7) is 8.85. The van der Waals surface area contributed by atoms with Crippen molar-refractivity contribution in [2.45, 2.75) is 46.1 Å². The van der Waals surface area contributed by atoms with Crippen molar-refractivity contribution in [1.29, 1.82) is 0 Å². The van der Waals surface area contributed by atoms with E-state index in [1.807, 2.05) is 17.0 Å². The number of hydrogen-bond donors (Lipinski definition) is 1. The van der Waals surface area contributed by atoms with E-state index in [0.717, 1.165) is 18.7 Å².